The van der Waals surface area contributed by atoms with Crippen LogP contribution in [-0.2, 0) is 0 Å². The van der Waals surface area contributed by atoms with Crippen molar-refractivity contribution < 1.29 is 0 Å². The van der Waals surface area contributed by atoms with Crippen LogP contribution >= 0.6 is 0 Å². The predicted octanol–water partition coefficient (Wildman–Crippen LogP) is 2.73. The molecule has 1 nitrogen and oxygen atoms in total. The summed E-state index contributed by atoms with van der Waals surface area (Å²) in [5.74, 6) is 0. The van der Waals surface area contributed by atoms with Gasteiger partial charge in [0.25, 0.3) is 0 Å². The van der Waals surface area contributed by atoms with Gasteiger partial charge >= 0.3 is 0 Å². The van der Waals surface area contributed by atoms with Gasteiger partial charge in [0.05, 0.1) is 0 Å². The van der Waals surface area contributed by atoms with Gasteiger partial charge in [-0.25, -0.2) is 0 Å². The molecule has 1 N–H and O–H groups in total. The highest BCUT2D eigenvalue weighted by atomic mass is 14.9. The quantitative estimate of drug-likeness (QED) is 0.557. The molecular formula is C10H21N. The second-order valence-corrected chi connectivity index (χ2v) is 2.99. The summed E-state index contributed by atoms with van der Waals surface area (Å²) in [6, 6.07) is 0.702. The lowest BCUT2D eigenvalue weighted by Gasteiger charge is -2.13. The van der Waals surface area contributed by atoms with Crippen LogP contribution in [0.15, 0.2) is 12.7 Å². The maximum absolute atomic E-state index is 3.72. The largest absolute Gasteiger partial charge is 0.317 e. The van der Waals surface area contributed by atoms with Gasteiger partial charge in [-0.3, -0.25) is 0 Å². The molecule has 0 amide bonds. The standard InChI is InChI=1S/C10H21N/c1-4-6-8-10(11-3)9-7-5-2/h4,10-11H,1,5-9H2,2-3H3. The highest BCUT2D eigenvalue weighted by molar-refractivity contribution is 4.72. The van der Waals surface area contributed by atoms with E-state index in [4.69, 9.17) is 0 Å². The molecule has 0 aliphatic rings. The Morgan fingerprint density at radius 2 is 2.18 bits per heavy atom. The molecule has 0 aromatic carbocycles. The number of hydrogen-bond donors (Lipinski definition) is 1. The molecule has 66 valence electrons. The average Bonchev–Trinajstić information content (AvgIpc) is 2.05. The van der Waals surface area contributed by atoms with Crippen molar-refractivity contribution in [3.05, 3.63) is 12.7 Å². The van der Waals surface area contributed by atoms with Crippen LogP contribution in [0.4, 0.5) is 0 Å². The van der Waals surface area contributed by atoms with Gasteiger partial charge in [0.1, 0.15) is 0 Å². The van der Waals surface area contributed by atoms with Crippen LogP contribution in [0.25, 0.3) is 0 Å². The van der Waals surface area contributed by atoms with Crippen molar-refractivity contribution in [1.29, 1.82) is 0 Å². The van der Waals surface area contributed by atoms with Crippen LogP contribution in [0.5, 0.6) is 0 Å². The number of hydrogen-bond acceptors (Lipinski definition) is 1. The Morgan fingerprint density at radius 3 is 2.64 bits per heavy atom. The molecule has 0 heterocycles. The fraction of sp³-hybridized carbons (Fsp3) is 0.800. The molecule has 0 bridgehead atoms. The summed E-state index contributed by atoms with van der Waals surface area (Å²) < 4.78 is 0. The van der Waals surface area contributed by atoms with Crippen molar-refractivity contribution in [3.63, 3.8) is 0 Å². The molecule has 1 atom stereocenters. The topological polar surface area (TPSA) is 12.0 Å². The second-order valence-electron chi connectivity index (χ2n) is 2.99. The Bertz CT molecular complexity index is 88.9. The van der Waals surface area contributed by atoms with E-state index in [1.807, 2.05) is 13.1 Å². The number of nitrogens with one attached hydrogen (secondary N) is 1. The van der Waals surface area contributed by atoms with E-state index in [1.165, 1.54) is 25.7 Å². The van der Waals surface area contributed by atoms with E-state index < -0.39 is 0 Å². The SMILES string of the molecule is C=CCCC(CCCC)NC. The number of rotatable bonds is 7. The van der Waals surface area contributed by atoms with E-state index in [2.05, 4.69) is 18.8 Å². The molecule has 0 spiro atoms. The fourth-order valence-electron chi connectivity index (χ4n) is 1.20. The minimum absolute atomic E-state index is 0.702. The minimum Gasteiger partial charge on any atom is -0.317 e. The average molecular weight is 155 g/mol. The third-order valence-electron chi connectivity index (χ3n) is 2.03. The Balaban J connectivity index is 3.32. The number of unbranched alkanes of at least 4 members (excludes halogenated alkanes) is 1. The first-order chi connectivity index (χ1) is 5.35. The first-order valence-electron chi connectivity index (χ1n) is 4.63. The molecule has 0 saturated heterocycles. The summed E-state index contributed by atoms with van der Waals surface area (Å²) in [6.45, 7) is 5.96. The molecule has 0 saturated carbocycles. The maximum atomic E-state index is 3.72. The lowest BCUT2D eigenvalue weighted by atomic mass is 10.1. The third-order valence-corrected chi connectivity index (χ3v) is 2.03. The normalized spacial score (nSPS) is 12.9. The van der Waals surface area contributed by atoms with Crippen molar-refractivity contribution >= 4 is 0 Å². The van der Waals surface area contributed by atoms with Gasteiger partial charge in [-0.15, -0.1) is 6.58 Å². The van der Waals surface area contributed by atoms with Gasteiger partial charge in [0.15, 0.2) is 0 Å². The van der Waals surface area contributed by atoms with Crippen molar-refractivity contribution in [2.75, 3.05) is 7.05 Å². The number of allylic oxidation sites excluding steroid dienone is 1. The highest BCUT2D eigenvalue weighted by Gasteiger charge is 2.02. The predicted molar refractivity (Wildman–Crippen MR) is 51.8 cm³/mol. The van der Waals surface area contributed by atoms with E-state index in [0.29, 0.717) is 6.04 Å². The first kappa shape index (κ1) is 10.7. The van der Waals surface area contributed by atoms with Crippen molar-refractivity contribution in [3.8, 4) is 0 Å². The van der Waals surface area contributed by atoms with Crippen molar-refractivity contribution in [1.82, 2.24) is 5.32 Å². The van der Waals surface area contributed by atoms with Crippen LogP contribution in [0.1, 0.15) is 39.0 Å². The Hall–Kier alpha value is -0.300. The summed E-state index contributed by atoms with van der Waals surface area (Å²) >= 11 is 0. The third kappa shape index (κ3) is 6.11. The van der Waals surface area contributed by atoms with Gasteiger partial charge in [0, 0.05) is 6.04 Å². The molecule has 0 rings (SSSR count). The summed E-state index contributed by atoms with van der Waals surface area (Å²) in [5.41, 5.74) is 0. The summed E-state index contributed by atoms with van der Waals surface area (Å²) in [7, 11) is 2.05. The highest BCUT2D eigenvalue weighted by Crippen LogP contribution is 2.06. The van der Waals surface area contributed by atoms with Gasteiger partial charge in [-0.05, 0) is 26.3 Å². The zero-order valence-electron chi connectivity index (χ0n) is 7.90. The zero-order chi connectivity index (χ0) is 8.53. The maximum Gasteiger partial charge on any atom is 0.00670 e. The van der Waals surface area contributed by atoms with Crippen molar-refractivity contribution in [2.45, 2.75) is 45.1 Å². The zero-order valence-corrected chi connectivity index (χ0v) is 7.90. The monoisotopic (exact) mass is 155 g/mol. The lowest BCUT2D eigenvalue weighted by Crippen LogP contribution is -2.24. The van der Waals surface area contributed by atoms with E-state index in [-0.39, 0.29) is 0 Å². The van der Waals surface area contributed by atoms with Crippen LogP contribution in [0, 0.1) is 0 Å². The molecular weight excluding hydrogens is 134 g/mol. The summed E-state index contributed by atoms with van der Waals surface area (Å²) in [4.78, 5) is 0. The minimum atomic E-state index is 0.702. The Morgan fingerprint density at radius 1 is 1.45 bits per heavy atom. The summed E-state index contributed by atoms with van der Waals surface area (Å²) in [6.07, 6.45) is 8.31. The molecule has 0 aliphatic heterocycles. The van der Waals surface area contributed by atoms with Crippen LogP contribution in [-0.4, -0.2) is 13.1 Å². The van der Waals surface area contributed by atoms with E-state index in [0.717, 1.165) is 6.42 Å². The van der Waals surface area contributed by atoms with Gasteiger partial charge < -0.3 is 5.32 Å². The van der Waals surface area contributed by atoms with E-state index in [9.17, 15) is 0 Å². The Labute approximate surface area is 70.9 Å². The summed E-state index contributed by atoms with van der Waals surface area (Å²) in [5, 5.41) is 3.32. The molecule has 0 aliphatic carbocycles. The molecule has 0 radical (unpaired) electrons. The fourth-order valence-corrected chi connectivity index (χ4v) is 1.20. The van der Waals surface area contributed by atoms with Gasteiger partial charge in [-0.2, -0.15) is 0 Å². The molecule has 0 aromatic heterocycles. The molecule has 11 heavy (non-hydrogen) atoms. The molecule has 1 unspecified atom stereocenters. The Kier molecular flexibility index (Phi) is 7.59. The van der Waals surface area contributed by atoms with E-state index >= 15 is 0 Å². The molecule has 1 heteroatoms. The smallest absolute Gasteiger partial charge is 0.00670 e. The van der Waals surface area contributed by atoms with Crippen LogP contribution in [0.3, 0.4) is 0 Å². The van der Waals surface area contributed by atoms with E-state index in [1.54, 1.807) is 0 Å². The molecule has 0 aromatic rings. The first-order valence-corrected chi connectivity index (χ1v) is 4.63. The molecule has 0 fully saturated rings. The van der Waals surface area contributed by atoms with Crippen LogP contribution < -0.4 is 5.32 Å². The van der Waals surface area contributed by atoms with Crippen molar-refractivity contribution in [2.24, 2.45) is 0 Å². The lowest BCUT2D eigenvalue weighted by molar-refractivity contribution is 0.475. The van der Waals surface area contributed by atoms with Gasteiger partial charge in [-0.1, -0.05) is 25.8 Å². The second kappa shape index (κ2) is 7.80. The van der Waals surface area contributed by atoms with Crippen LogP contribution in [0.2, 0.25) is 0 Å². The van der Waals surface area contributed by atoms with Gasteiger partial charge in [0.2, 0.25) is 0 Å².